The van der Waals surface area contributed by atoms with Gasteiger partial charge in [-0.15, -0.1) is 0 Å². The summed E-state index contributed by atoms with van der Waals surface area (Å²) in [6, 6.07) is 0.277. The Morgan fingerprint density at radius 2 is 2.31 bits per heavy atom. The molecule has 3 N–H and O–H groups in total. The number of urea groups is 1. The van der Waals surface area contributed by atoms with E-state index in [1.807, 2.05) is 0 Å². The normalized spacial score (nSPS) is 16.1. The molecule has 0 radical (unpaired) electrons. The molecule has 1 aliphatic carbocycles. The molecule has 0 aromatic carbocycles. The zero-order chi connectivity index (χ0) is 9.84. The SMILES string of the molecule is CN(CC(N)=S)C(=O)NC1CCC1. The standard InChI is InChI=1S/C8H15N3OS/c1-11(5-7(9)13)8(12)10-6-3-2-4-6/h6H,2-5H2,1H3,(H2,9,13)(H,10,12). The fourth-order valence-electron chi connectivity index (χ4n) is 1.14. The third-order valence-corrected chi connectivity index (χ3v) is 2.30. The van der Waals surface area contributed by atoms with Gasteiger partial charge in [-0.25, -0.2) is 4.79 Å². The molecule has 74 valence electrons. The highest BCUT2D eigenvalue weighted by Crippen LogP contribution is 2.17. The second-order valence-corrected chi connectivity index (χ2v) is 3.92. The predicted molar refractivity (Wildman–Crippen MR) is 55.6 cm³/mol. The Balaban J connectivity index is 2.24. The number of nitrogens with two attached hydrogens (primary N) is 1. The molecule has 0 spiro atoms. The maximum Gasteiger partial charge on any atom is 0.317 e. The van der Waals surface area contributed by atoms with Crippen molar-refractivity contribution in [3.8, 4) is 0 Å². The van der Waals surface area contributed by atoms with Gasteiger partial charge < -0.3 is 16.0 Å². The summed E-state index contributed by atoms with van der Waals surface area (Å²) in [7, 11) is 1.69. The molecular weight excluding hydrogens is 186 g/mol. The van der Waals surface area contributed by atoms with Crippen LogP contribution in [0.25, 0.3) is 0 Å². The Hall–Kier alpha value is -0.840. The van der Waals surface area contributed by atoms with Gasteiger partial charge in [0.25, 0.3) is 0 Å². The van der Waals surface area contributed by atoms with Crippen molar-refractivity contribution >= 4 is 23.2 Å². The third kappa shape index (κ3) is 3.18. The van der Waals surface area contributed by atoms with Crippen molar-refractivity contribution in [1.82, 2.24) is 10.2 Å². The van der Waals surface area contributed by atoms with Crippen LogP contribution < -0.4 is 11.1 Å². The zero-order valence-corrected chi connectivity index (χ0v) is 8.56. The van der Waals surface area contributed by atoms with Crippen LogP contribution >= 0.6 is 12.2 Å². The molecule has 0 saturated heterocycles. The number of hydrogen-bond acceptors (Lipinski definition) is 2. The molecule has 5 heteroatoms. The number of hydrogen-bond donors (Lipinski definition) is 2. The first-order chi connectivity index (χ1) is 6.09. The Morgan fingerprint density at radius 1 is 1.69 bits per heavy atom. The van der Waals surface area contributed by atoms with E-state index in [9.17, 15) is 4.79 Å². The maximum absolute atomic E-state index is 11.4. The van der Waals surface area contributed by atoms with Crippen molar-refractivity contribution in [2.75, 3.05) is 13.6 Å². The van der Waals surface area contributed by atoms with E-state index >= 15 is 0 Å². The van der Waals surface area contributed by atoms with Gasteiger partial charge in [0, 0.05) is 13.1 Å². The smallest absolute Gasteiger partial charge is 0.317 e. The lowest BCUT2D eigenvalue weighted by molar-refractivity contribution is 0.202. The van der Waals surface area contributed by atoms with E-state index in [1.54, 1.807) is 7.05 Å². The van der Waals surface area contributed by atoms with E-state index < -0.39 is 0 Å². The number of nitrogens with one attached hydrogen (secondary N) is 1. The van der Waals surface area contributed by atoms with E-state index in [4.69, 9.17) is 18.0 Å². The first kappa shape index (κ1) is 10.2. The summed E-state index contributed by atoms with van der Waals surface area (Å²) in [5.74, 6) is 0. The van der Waals surface area contributed by atoms with Crippen LogP contribution in [0, 0.1) is 0 Å². The number of carbonyl (C=O) groups excluding carboxylic acids is 1. The van der Waals surface area contributed by atoms with Gasteiger partial charge in [-0.2, -0.15) is 0 Å². The second kappa shape index (κ2) is 4.41. The van der Waals surface area contributed by atoms with Gasteiger partial charge >= 0.3 is 6.03 Å². The second-order valence-electron chi connectivity index (χ2n) is 3.40. The molecule has 0 aromatic heterocycles. The van der Waals surface area contributed by atoms with Crippen molar-refractivity contribution in [3.05, 3.63) is 0 Å². The molecule has 0 heterocycles. The summed E-state index contributed by atoms with van der Waals surface area (Å²) in [6.45, 7) is 0.341. The maximum atomic E-state index is 11.4. The number of amides is 2. The molecule has 1 rings (SSSR count). The first-order valence-electron chi connectivity index (χ1n) is 4.39. The molecule has 0 aliphatic heterocycles. The molecule has 0 bridgehead atoms. The van der Waals surface area contributed by atoms with E-state index in [-0.39, 0.29) is 6.03 Å². The van der Waals surface area contributed by atoms with Crippen LogP contribution in [0.3, 0.4) is 0 Å². The van der Waals surface area contributed by atoms with Crippen LogP contribution in [0.2, 0.25) is 0 Å². The topological polar surface area (TPSA) is 58.4 Å². The van der Waals surface area contributed by atoms with Crippen molar-refractivity contribution in [1.29, 1.82) is 0 Å². The molecule has 0 aromatic rings. The molecule has 1 aliphatic rings. The molecule has 1 saturated carbocycles. The van der Waals surface area contributed by atoms with Crippen LogP contribution in [0.15, 0.2) is 0 Å². The van der Waals surface area contributed by atoms with Gasteiger partial charge in [-0.1, -0.05) is 12.2 Å². The summed E-state index contributed by atoms with van der Waals surface area (Å²) in [4.78, 5) is 13.2. The van der Waals surface area contributed by atoms with Crippen LogP contribution in [-0.4, -0.2) is 35.6 Å². The van der Waals surface area contributed by atoms with Gasteiger partial charge in [0.1, 0.15) is 0 Å². The van der Waals surface area contributed by atoms with Gasteiger partial charge in [-0.05, 0) is 19.3 Å². The van der Waals surface area contributed by atoms with Gasteiger partial charge in [-0.3, -0.25) is 0 Å². The average molecular weight is 201 g/mol. The lowest BCUT2D eigenvalue weighted by Gasteiger charge is -2.28. The lowest BCUT2D eigenvalue weighted by atomic mass is 9.93. The van der Waals surface area contributed by atoms with Crippen LogP contribution in [0.1, 0.15) is 19.3 Å². The fourth-order valence-corrected chi connectivity index (χ4v) is 1.34. The fraction of sp³-hybridized carbons (Fsp3) is 0.750. The summed E-state index contributed by atoms with van der Waals surface area (Å²) >= 11 is 4.70. The van der Waals surface area contributed by atoms with Gasteiger partial charge in [0.05, 0.1) is 11.5 Å². The highest BCUT2D eigenvalue weighted by atomic mass is 32.1. The number of likely N-dealkylation sites (N-methyl/N-ethyl adjacent to an activating group) is 1. The summed E-state index contributed by atoms with van der Waals surface area (Å²) < 4.78 is 0. The quantitative estimate of drug-likeness (QED) is 0.652. The molecule has 2 amide bonds. The number of carbonyl (C=O) groups is 1. The predicted octanol–water partition coefficient (Wildman–Crippen LogP) is 0.466. The molecule has 0 unspecified atom stereocenters. The summed E-state index contributed by atoms with van der Waals surface area (Å²) in [5, 5.41) is 2.89. The minimum absolute atomic E-state index is 0.0856. The summed E-state index contributed by atoms with van der Waals surface area (Å²) in [6.07, 6.45) is 3.39. The van der Waals surface area contributed by atoms with Gasteiger partial charge in [0.15, 0.2) is 0 Å². The van der Waals surface area contributed by atoms with Gasteiger partial charge in [0.2, 0.25) is 0 Å². The number of rotatable bonds is 3. The van der Waals surface area contributed by atoms with E-state index in [0.717, 1.165) is 12.8 Å². The molecule has 1 fully saturated rings. The average Bonchev–Trinajstić information content (AvgIpc) is 1.94. The van der Waals surface area contributed by atoms with Crippen molar-refractivity contribution in [3.63, 3.8) is 0 Å². The van der Waals surface area contributed by atoms with Crippen molar-refractivity contribution in [2.24, 2.45) is 5.73 Å². The Labute approximate surface area is 83.5 Å². The highest BCUT2D eigenvalue weighted by molar-refractivity contribution is 7.80. The minimum Gasteiger partial charge on any atom is -0.392 e. The Bertz CT molecular complexity index is 215. The number of nitrogens with zero attached hydrogens (tertiary/aromatic N) is 1. The van der Waals surface area contributed by atoms with Crippen LogP contribution in [-0.2, 0) is 0 Å². The molecule has 0 atom stereocenters. The highest BCUT2D eigenvalue weighted by Gasteiger charge is 2.20. The Kier molecular flexibility index (Phi) is 3.48. The molecule has 13 heavy (non-hydrogen) atoms. The summed E-state index contributed by atoms with van der Waals surface area (Å²) in [5.41, 5.74) is 5.32. The van der Waals surface area contributed by atoms with E-state index in [2.05, 4.69) is 5.32 Å². The minimum atomic E-state index is -0.0856. The monoisotopic (exact) mass is 201 g/mol. The van der Waals surface area contributed by atoms with E-state index in [1.165, 1.54) is 11.3 Å². The lowest BCUT2D eigenvalue weighted by Crippen LogP contribution is -2.47. The first-order valence-corrected chi connectivity index (χ1v) is 4.80. The molecular formula is C8H15N3OS. The van der Waals surface area contributed by atoms with Crippen LogP contribution in [0.5, 0.6) is 0 Å². The van der Waals surface area contributed by atoms with E-state index in [0.29, 0.717) is 17.6 Å². The third-order valence-electron chi connectivity index (χ3n) is 2.17. The largest absolute Gasteiger partial charge is 0.392 e. The Morgan fingerprint density at radius 3 is 2.69 bits per heavy atom. The zero-order valence-electron chi connectivity index (χ0n) is 7.75. The van der Waals surface area contributed by atoms with Crippen LogP contribution in [0.4, 0.5) is 4.79 Å². The molecule has 4 nitrogen and oxygen atoms in total. The van der Waals surface area contributed by atoms with Crippen molar-refractivity contribution < 1.29 is 4.79 Å². The van der Waals surface area contributed by atoms with Crippen molar-refractivity contribution in [2.45, 2.75) is 25.3 Å². The number of thiocarbonyl (C=S) groups is 1.